The molecule has 1 N–H and O–H groups in total. The molecule has 0 heterocycles. The molecule has 3 unspecified atom stereocenters. The molecular weight excluding hydrogens is 206 g/mol. The first kappa shape index (κ1) is 17.0. The molecule has 0 amide bonds. The van der Waals surface area contributed by atoms with Gasteiger partial charge in [0.1, 0.15) is 0 Å². The van der Waals surface area contributed by atoms with Crippen molar-refractivity contribution in [2.75, 3.05) is 6.54 Å². The van der Waals surface area contributed by atoms with E-state index in [0.29, 0.717) is 0 Å². The van der Waals surface area contributed by atoms with Crippen LogP contribution in [0.15, 0.2) is 0 Å². The molecule has 17 heavy (non-hydrogen) atoms. The zero-order valence-corrected chi connectivity index (χ0v) is 12.9. The molecule has 0 aromatic heterocycles. The molecule has 0 aliphatic rings. The average Bonchev–Trinajstić information content (AvgIpc) is 2.35. The summed E-state index contributed by atoms with van der Waals surface area (Å²) in [5.41, 5.74) is 0. The molecule has 0 rings (SSSR count). The maximum atomic E-state index is 3.70. The zero-order valence-electron chi connectivity index (χ0n) is 12.9. The minimum Gasteiger partial charge on any atom is -0.314 e. The number of rotatable bonds is 11. The molecule has 3 atom stereocenters. The Kier molecular flexibility index (Phi) is 11.0. The monoisotopic (exact) mass is 241 g/mol. The van der Waals surface area contributed by atoms with Crippen molar-refractivity contribution in [1.29, 1.82) is 0 Å². The fourth-order valence-corrected chi connectivity index (χ4v) is 2.75. The second-order valence-electron chi connectivity index (χ2n) is 5.60. The van der Waals surface area contributed by atoms with E-state index in [-0.39, 0.29) is 0 Å². The highest BCUT2D eigenvalue weighted by Crippen LogP contribution is 2.24. The van der Waals surface area contributed by atoms with Crippen LogP contribution < -0.4 is 5.32 Å². The highest BCUT2D eigenvalue weighted by molar-refractivity contribution is 4.74. The molecule has 0 saturated carbocycles. The van der Waals surface area contributed by atoms with Gasteiger partial charge in [-0.25, -0.2) is 0 Å². The third-order valence-corrected chi connectivity index (χ3v) is 4.03. The first-order valence-electron chi connectivity index (χ1n) is 7.92. The molecule has 1 nitrogen and oxygen atoms in total. The lowest BCUT2D eigenvalue weighted by Gasteiger charge is -2.27. The summed E-state index contributed by atoms with van der Waals surface area (Å²) in [5.74, 6) is 1.77. The van der Waals surface area contributed by atoms with Crippen molar-refractivity contribution >= 4 is 0 Å². The zero-order chi connectivity index (χ0) is 13.1. The van der Waals surface area contributed by atoms with Gasteiger partial charge in [-0.3, -0.25) is 0 Å². The lowest BCUT2D eigenvalue weighted by molar-refractivity contribution is 0.281. The van der Waals surface area contributed by atoms with Crippen LogP contribution in [0.1, 0.15) is 79.6 Å². The molecule has 0 fully saturated rings. The highest BCUT2D eigenvalue weighted by atomic mass is 14.9. The van der Waals surface area contributed by atoms with Crippen LogP contribution in [0.25, 0.3) is 0 Å². The molecule has 0 aromatic rings. The lowest BCUT2D eigenvalue weighted by Crippen LogP contribution is -2.35. The van der Waals surface area contributed by atoms with Crippen LogP contribution in [-0.4, -0.2) is 12.6 Å². The van der Waals surface area contributed by atoms with E-state index < -0.39 is 0 Å². The van der Waals surface area contributed by atoms with Gasteiger partial charge in [0.15, 0.2) is 0 Å². The van der Waals surface area contributed by atoms with Gasteiger partial charge in [-0.1, -0.05) is 60.3 Å². The van der Waals surface area contributed by atoms with Crippen molar-refractivity contribution in [3.63, 3.8) is 0 Å². The SMILES string of the molecule is CCCCC(CC)CC(C)C(CC)NCCC. The Morgan fingerprint density at radius 3 is 2.12 bits per heavy atom. The fourth-order valence-electron chi connectivity index (χ4n) is 2.75. The summed E-state index contributed by atoms with van der Waals surface area (Å²) in [6.07, 6.45) is 9.46. The summed E-state index contributed by atoms with van der Waals surface area (Å²) in [5, 5.41) is 3.70. The highest BCUT2D eigenvalue weighted by Gasteiger charge is 2.18. The number of hydrogen-bond acceptors (Lipinski definition) is 1. The van der Waals surface area contributed by atoms with Crippen LogP contribution in [-0.2, 0) is 0 Å². The maximum absolute atomic E-state index is 3.70. The molecular formula is C16H35N. The van der Waals surface area contributed by atoms with Crippen molar-refractivity contribution in [1.82, 2.24) is 5.32 Å². The molecule has 0 radical (unpaired) electrons. The standard InChI is InChI=1S/C16H35N/c1-6-10-11-15(8-3)13-14(5)16(9-4)17-12-7-2/h14-17H,6-13H2,1-5H3. The van der Waals surface area contributed by atoms with Gasteiger partial charge in [0.2, 0.25) is 0 Å². The molecule has 0 aromatic carbocycles. The third kappa shape index (κ3) is 7.81. The third-order valence-electron chi connectivity index (χ3n) is 4.03. The molecule has 0 aliphatic heterocycles. The molecule has 0 aliphatic carbocycles. The van der Waals surface area contributed by atoms with Crippen molar-refractivity contribution < 1.29 is 0 Å². The Morgan fingerprint density at radius 1 is 0.941 bits per heavy atom. The van der Waals surface area contributed by atoms with E-state index in [0.717, 1.165) is 17.9 Å². The van der Waals surface area contributed by atoms with Crippen molar-refractivity contribution in [2.24, 2.45) is 11.8 Å². The van der Waals surface area contributed by atoms with Crippen LogP contribution in [0.3, 0.4) is 0 Å². The van der Waals surface area contributed by atoms with Crippen LogP contribution in [0.2, 0.25) is 0 Å². The van der Waals surface area contributed by atoms with Crippen LogP contribution in [0.5, 0.6) is 0 Å². The predicted octanol–water partition coefficient (Wildman–Crippen LogP) is 5.01. The quantitative estimate of drug-likeness (QED) is 0.536. The minimum atomic E-state index is 0.727. The largest absolute Gasteiger partial charge is 0.314 e. The number of unbranched alkanes of at least 4 members (excludes halogenated alkanes) is 1. The summed E-state index contributed by atoms with van der Waals surface area (Å²) in [6, 6.07) is 0.727. The van der Waals surface area contributed by atoms with E-state index in [2.05, 4.69) is 39.9 Å². The van der Waals surface area contributed by atoms with Gasteiger partial charge in [-0.2, -0.15) is 0 Å². The Labute approximate surface area is 110 Å². The van der Waals surface area contributed by atoms with Gasteiger partial charge in [-0.05, 0) is 37.6 Å². The second kappa shape index (κ2) is 11.1. The van der Waals surface area contributed by atoms with Crippen molar-refractivity contribution in [2.45, 2.75) is 85.6 Å². The summed E-state index contributed by atoms with van der Waals surface area (Å²) >= 11 is 0. The Balaban J connectivity index is 4.02. The molecule has 104 valence electrons. The van der Waals surface area contributed by atoms with Gasteiger partial charge < -0.3 is 5.32 Å². The van der Waals surface area contributed by atoms with E-state index in [1.165, 1.54) is 51.5 Å². The predicted molar refractivity (Wildman–Crippen MR) is 79.5 cm³/mol. The molecule has 0 bridgehead atoms. The summed E-state index contributed by atoms with van der Waals surface area (Å²) in [4.78, 5) is 0. The Bertz CT molecular complexity index is 156. The fraction of sp³-hybridized carbons (Fsp3) is 1.00. The molecule has 1 heteroatoms. The first-order valence-corrected chi connectivity index (χ1v) is 7.92. The van der Waals surface area contributed by atoms with E-state index >= 15 is 0 Å². The summed E-state index contributed by atoms with van der Waals surface area (Å²) < 4.78 is 0. The smallest absolute Gasteiger partial charge is 0.00901 e. The van der Waals surface area contributed by atoms with Crippen LogP contribution in [0.4, 0.5) is 0 Å². The molecule has 0 spiro atoms. The number of hydrogen-bond donors (Lipinski definition) is 1. The second-order valence-corrected chi connectivity index (χ2v) is 5.60. The van der Waals surface area contributed by atoms with Crippen molar-refractivity contribution in [3.8, 4) is 0 Å². The van der Waals surface area contributed by atoms with Gasteiger partial charge in [-0.15, -0.1) is 0 Å². The first-order chi connectivity index (χ1) is 8.19. The van der Waals surface area contributed by atoms with Gasteiger partial charge in [0.25, 0.3) is 0 Å². The normalized spacial score (nSPS) is 16.8. The average molecular weight is 241 g/mol. The Morgan fingerprint density at radius 2 is 1.65 bits per heavy atom. The van der Waals surface area contributed by atoms with E-state index in [4.69, 9.17) is 0 Å². The van der Waals surface area contributed by atoms with Crippen LogP contribution in [0, 0.1) is 11.8 Å². The summed E-state index contributed by atoms with van der Waals surface area (Å²) in [6.45, 7) is 12.8. The number of nitrogens with one attached hydrogen (secondary N) is 1. The van der Waals surface area contributed by atoms with Crippen LogP contribution >= 0.6 is 0 Å². The van der Waals surface area contributed by atoms with Gasteiger partial charge >= 0.3 is 0 Å². The Hall–Kier alpha value is -0.0400. The molecule has 0 saturated heterocycles. The van der Waals surface area contributed by atoms with E-state index in [1.54, 1.807) is 0 Å². The van der Waals surface area contributed by atoms with E-state index in [9.17, 15) is 0 Å². The van der Waals surface area contributed by atoms with Gasteiger partial charge in [0.05, 0.1) is 0 Å². The van der Waals surface area contributed by atoms with Crippen molar-refractivity contribution in [3.05, 3.63) is 0 Å². The van der Waals surface area contributed by atoms with E-state index in [1.807, 2.05) is 0 Å². The minimum absolute atomic E-state index is 0.727. The lowest BCUT2D eigenvalue weighted by atomic mass is 9.85. The van der Waals surface area contributed by atoms with Gasteiger partial charge in [0, 0.05) is 6.04 Å². The topological polar surface area (TPSA) is 12.0 Å². The summed E-state index contributed by atoms with van der Waals surface area (Å²) in [7, 11) is 0. The maximum Gasteiger partial charge on any atom is 0.00901 e.